The molecule has 0 aliphatic carbocycles. The van der Waals surface area contributed by atoms with Crippen molar-refractivity contribution in [2.24, 2.45) is 0 Å². The third kappa shape index (κ3) is 5.54. The maximum atomic E-state index is 13.7. The standard InChI is InChI=1S/C14H19BrFN3O.ClH/c1-18(9-11-2-3-12(15)8-13(11)16)10-14(20)19-6-4-17-5-7-19;/h2-3,8,17H,4-7,9-10H2,1H3;1H. The van der Waals surface area contributed by atoms with Crippen LogP contribution in [0.25, 0.3) is 0 Å². The third-order valence-corrected chi connectivity index (χ3v) is 3.82. The molecular weight excluding hydrogens is 361 g/mol. The minimum Gasteiger partial charge on any atom is -0.339 e. The fourth-order valence-corrected chi connectivity index (χ4v) is 2.57. The molecule has 1 aromatic carbocycles. The van der Waals surface area contributed by atoms with Gasteiger partial charge >= 0.3 is 0 Å². The van der Waals surface area contributed by atoms with Crippen LogP contribution in [0, 0.1) is 5.82 Å². The molecular formula is C14H20BrClFN3O. The second-order valence-electron chi connectivity index (χ2n) is 5.04. The lowest BCUT2D eigenvalue weighted by Gasteiger charge is -2.29. The van der Waals surface area contributed by atoms with Crippen molar-refractivity contribution in [2.45, 2.75) is 6.54 Å². The van der Waals surface area contributed by atoms with E-state index in [0.717, 1.165) is 30.7 Å². The maximum absolute atomic E-state index is 13.7. The van der Waals surface area contributed by atoms with Crippen LogP contribution in [0.3, 0.4) is 0 Å². The molecule has 1 aromatic rings. The number of amides is 1. The number of nitrogens with zero attached hydrogens (tertiary/aromatic N) is 2. The van der Waals surface area contributed by atoms with Crippen LogP contribution in [-0.2, 0) is 11.3 Å². The molecule has 1 aliphatic rings. The highest BCUT2D eigenvalue weighted by Crippen LogP contribution is 2.16. The molecule has 4 nitrogen and oxygen atoms in total. The van der Waals surface area contributed by atoms with Crippen LogP contribution < -0.4 is 5.32 Å². The number of benzene rings is 1. The minimum absolute atomic E-state index is 0. The second kappa shape index (κ2) is 8.68. The Bertz CT molecular complexity index is 483. The normalized spacial score (nSPS) is 15.0. The summed E-state index contributed by atoms with van der Waals surface area (Å²) < 4.78 is 14.5. The smallest absolute Gasteiger partial charge is 0.236 e. The van der Waals surface area contributed by atoms with Gasteiger partial charge in [0.2, 0.25) is 5.91 Å². The number of nitrogens with one attached hydrogen (secondary N) is 1. The molecule has 0 unspecified atom stereocenters. The Morgan fingerprint density at radius 2 is 2.10 bits per heavy atom. The van der Waals surface area contributed by atoms with Crippen molar-refractivity contribution in [2.75, 3.05) is 39.8 Å². The summed E-state index contributed by atoms with van der Waals surface area (Å²) in [4.78, 5) is 15.8. The molecule has 2 rings (SSSR count). The lowest BCUT2D eigenvalue weighted by atomic mass is 10.2. The summed E-state index contributed by atoms with van der Waals surface area (Å²) in [7, 11) is 1.83. The van der Waals surface area contributed by atoms with E-state index in [9.17, 15) is 9.18 Å². The van der Waals surface area contributed by atoms with Crippen LogP contribution in [0.15, 0.2) is 22.7 Å². The van der Waals surface area contributed by atoms with Gasteiger partial charge in [0.1, 0.15) is 5.82 Å². The largest absolute Gasteiger partial charge is 0.339 e. The van der Waals surface area contributed by atoms with Crippen LogP contribution in [0.5, 0.6) is 0 Å². The van der Waals surface area contributed by atoms with E-state index in [4.69, 9.17) is 0 Å². The number of piperazine rings is 1. The van der Waals surface area contributed by atoms with Gasteiger partial charge in [-0.3, -0.25) is 9.69 Å². The highest BCUT2D eigenvalue weighted by molar-refractivity contribution is 9.10. The highest BCUT2D eigenvalue weighted by atomic mass is 79.9. The predicted molar refractivity (Wildman–Crippen MR) is 87.1 cm³/mol. The number of likely N-dealkylation sites (N-methyl/N-ethyl adjacent to an activating group) is 1. The van der Waals surface area contributed by atoms with Crippen molar-refractivity contribution in [3.63, 3.8) is 0 Å². The fraction of sp³-hybridized carbons (Fsp3) is 0.500. The topological polar surface area (TPSA) is 35.6 Å². The van der Waals surface area contributed by atoms with E-state index in [2.05, 4.69) is 21.2 Å². The molecule has 0 radical (unpaired) electrons. The SMILES string of the molecule is CN(CC(=O)N1CCNCC1)Cc1ccc(Br)cc1F.Cl. The Hall–Kier alpha value is -0.690. The molecule has 0 atom stereocenters. The van der Waals surface area contributed by atoms with E-state index in [0.29, 0.717) is 18.7 Å². The van der Waals surface area contributed by atoms with Crippen LogP contribution in [-0.4, -0.2) is 55.5 Å². The van der Waals surface area contributed by atoms with Gasteiger partial charge in [0.25, 0.3) is 0 Å². The first-order valence-corrected chi connectivity index (χ1v) is 7.46. The van der Waals surface area contributed by atoms with Crippen LogP contribution in [0.2, 0.25) is 0 Å². The molecule has 1 N–H and O–H groups in total. The van der Waals surface area contributed by atoms with E-state index >= 15 is 0 Å². The average molecular weight is 381 g/mol. The van der Waals surface area contributed by atoms with E-state index in [-0.39, 0.29) is 24.1 Å². The third-order valence-electron chi connectivity index (χ3n) is 3.33. The van der Waals surface area contributed by atoms with Gasteiger partial charge in [-0.1, -0.05) is 22.0 Å². The Balaban J connectivity index is 0.00000220. The Kier molecular flexibility index (Phi) is 7.59. The number of carbonyl (C=O) groups excluding carboxylic acids is 1. The molecule has 1 fully saturated rings. The summed E-state index contributed by atoms with van der Waals surface area (Å²) in [6.45, 7) is 3.93. The van der Waals surface area contributed by atoms with Gasteiger partial charge in [0.05, 0.1) is 6.54 Å². The minimum atomic E-state index is -0.249. The highest BCUT2D eigenvalue weighted by Gasteiger charge is 2.18. The van der Waals surface area contributed by atoms with Crippen molar-refractivity contribution in [1.29, 1.82) is 0 Å². The van der Waals surface area contributed by atoms with Crippen molar-refractivity contribution < 1.29 is 9.18 Å². The van der Waals surface area contributed by atoms with Crippen molar-refractivity contribution in [3.8, 4) is 0 Å². The first-order valence-electron chi connectivity index (χ1n) is 6.67. The number of rotatable bonds is 4. The van der Waals surface area contributed by atoms with E-state index in [1.165, 1.54) is 6.07 Å². The van der Waals surface area contributed by atoms with Crippen molar-refractivity contribution in [1.82, 2.24) is 15.1 Å². The number of hydrogen-bond donors (Lipinski definition) is 1. The van der Waals surface area contributed by atoms with Gasteiger partial charge in [-0.25, -0.2) is 4.39 Å². The molecule has 0 aromatic heterocycles. The van der Waals surface area contributed by atoms with Gasteiger partial charge in [-0.05, 0) is 19.2 Å². The Morgan fingerprint density at radius 1 is 1.43 bits per heavy atom. The summed E-state index contributed by atoms with van der Waals surface area (Å²) in [6.07, 6.45) is 0. The lowest BCUT2D eigenvalue weighted by molar-refractivity contribution is -0.132. The van der Waals surface area contributed by atoms with Crippen LogP contribution in [0.1, 0.15) is 5.56 Å². The summed E-state index contributed by atoms with van der Waals surface area (Å²) in [5.41, 5.74) is 0.601. The number of halogens is 3. The summed E-state index contributed by atoms with van der Waals surface area (Å²) in [5.74, 6) is -0.146. The summed E-state index contributed by atoms with van der Waals surface area (Å²) >= 11 is 3.23. The average Bonchev–Trinajstić information content (AvgIpc) is 2.43. The van der Waals surface area contributed by atoms with E-state index < -0.39 is 0 Å². The zero-order chi connectivity index (χ0) is 14.5. The van der Waals surface area contributed by atoms with Gasteiger partial charge in [0.15, 0.2) is 0 Å². The molecule has 0 spiro atoms. The molecule has 21 heavy (non-hydrogen) atoms. The molecule has 0 bridgehead atoms. The first-order chi connectivity index (χ1) is 9.56. The molecule has 1 aliphatic heterocycles. The molecule has 1 saturated heterocycles. The zero-order valence-electron chi connectivity index (χ0n) is 11.9. The predicted octanol–water partition coefficient (Wildman–Crippen LogP) is 1.87. The Labute approximate surface area is 139 Å². The molecule has 7 heteroatoms. The molecule has 0 saturated carbocycles. The van der Waals surface area contributed by atoms with E-state index in [1.807, 2.05) is 22.9 Å². The lowest BCUT2D eigenvalue weighted by Crippen LogP contribution is -2.49. The van der Waals surface area contributed by atoms with E-state index in [1.54, 1.807) is 6.07 Å². The molecule has 1 amide bonds. The van der Waals surface area contributed by atoms with Gasteiger partial charge in [0, 0.05) is 42.8 Å². The maximum Gasteiger partial charge on any atom is 0.236 e. The van der Waals surface area contributed by atoms with Crippen molar-refractivity contribution >= 4 is 34.2 Å². The second-order valence-corrected chi connectivity index (χ2v) is 5.95. The quantitative estimate of drug-likeness (QED) is 0.866. The number of hydrogen-bond acceptors (Lipinski definition) is 3. The van der Waals surface area contributed by atoms with Gasteiger partial charge in [-0.15, -0.1) is 12.4 Å². The fourth-order valence-electron chi connectivity index (χ4n) is 2.24. The molecule has 118 valence electrons. The summed E-state index contributed by atoms with van der Waals surface area (Å²) in [5, 5.41) is 3.21. The number of carbonyl (C=O) groups is 1. The van der Waals surface area contributed by atoms with Gasteiger partial charge in [-0.2, -0.15) is 0 Å². The monoisotopic (exact) mass is 379 g/mol. The zero-order valence-corrected chi connectivity index (χ0v) is 14.3. The molecule has 1 heterocycles. The summed E-state index contributed by atoms with van der Waals surface area (Å²) in [6, 6.07) is 5.00. The van der Waals surface area contributed by atoms with Gasteiger partial charge < -0.3 is 10.2 Å². The van der Waals surface area contributed by atoms with Crippen molar-refractivity contribution in [3.05, 3.63) is 34.1 Å². The van der Waals surface area contributed by atoms with Crippen LogP contribution >= 0.6 is 28.3 Å². The van der Waals surface area contributed by atoms with Crippen LogP contribution in [0.4, 0.5) is 4.39 Å². The first kappa shape index (κ1) is 18.4. The Morgan fingerprint density at radius 3 is 2.71 bits per heavy atom.